The maximum absolute atomic E-state index is 12.5. The van der Waals surface area contributed by atoms with Crippen molar-refractivity contribution in [1.29, 1.82) is 0 Å². The molecule has 0 spiro atoms. The summed E-state index contributed by atoms with van der Waals surface area (Å²) in [5.41, 5.74) is 0. The lowest BCUT2D eigenvalue weighted by molar-refractivity contribution is -0.143. The van der Waals surface area contributed by atoms with Crippen LogP contribution < -0.4 is 5.32 Å². The van der Waals surface area contributed by atoms with Gasteiger partial charge in [0, 0.05) is 12.8 Å². The molecule has 0 fully saturated rings. The summed E-state index contributed by atoms with van der Waals surface area (Å²) < 4.78 is 5.45. The molecule has 376 valence electrons. The van der Waals surface area contributed by atoms with E-state index in [1.54, 1.807) is 0 Å². The van der Waals surface area contributed by atoms with Crippen molar-refractivity contribution in [3.05, 3.63) is 0 Å². The van der Waals surface area contributed by atoms with Gasteiger partial charge in [-0.25, -0.2) is 0 Å². The molecule has 6 heteroatoms. The number of carbonyl (C=O) groups is 2. The highest BCUT2D eigenvalue weighted by Gasteiger charge is 2.20. The zero-order chi connectivity index (χ0) is 45.8. The summed E-state index contributed by atoms with van der Waals surface area (Å²) in [6, 6.07) is -0.552. The SMILES string of the molecule is CCCCCCCCCCCCCCCCCCCCCCCCCC(O)C(CO)NC(=O)CCCCCCCCCCCCCCOC(=O)CCCCCCCCCCCCC. The van der Waals surface area contributed by atoms with Gasteiger partial charge in [0.25, 0.3) is 0 Å². The number of hydrogen-bond acceptors (Lipinski definition) is 5. The van der Waals surface area contributed by atoms with E-state index < -0.39 is 12.1 Å². The molecule has 0 bridgehead atoms. The fourth-order valence-electron chi connectivity index (χ4n) is 9.23. The number of nitrogens with one attached hydrogen (secondary N) is 1. The van der Waals surface area contributed by atoms with Crippen LogP contribution in [0.5, 0.6) is 0 Å². The zero-order valence-electron chi connectivity index (χ0n) is 42.8. The summed E-state index contributed by atoms with van der Waals surface area (Å²) in [6.45, 7) is 4.94. The van der Waals surface area contributed by atoms with Gasteiger partial charge in [-0.3, -0.25) is 9.59 Å². The highest BCUT2D eigenvalue weighted by atomic mass is 16.5. The summed E-state index contributed by atoms with van der Waals surface area (Å²) in [6.07, 6.45) is 60.9. The summed E-state index contributed by atoms with van der Waals surface area (Å²) in [5.74, 6) is -0.0542. The Bertz CT molecular complexity index is 898. The molecule has 6 nitrogen and oxygen atoms in total. The predicted octanol–water partition coefficient (Wildman–Crippen LogP) is 17.5. The molecule has 0 aromatic rings. The lowest BCUT2D eigenvalue weighted by Crippen LogP contribution is -2.45. The van der Waals surface area contributed by atoms with E-state index in [1.807, 2.05) is 0 Å². The zero-order valence-corrected chi connectivity index (χ0v) is 42.8. The molecule has 3 N–H and O–H groups in total. The Morgan fingerprint density at radius 3 is 0.968 bits per heavy atom. The Morgan fingerprint density at radius 1 is 0.381 bits per heavy atom. The monoisotopic (exact) mass is 892 g/mol. The van der Waals surface area contributed by atoms with E-state index in [0.717, 1.165) is 57.8 Å². The Morgan fingerprint density at radius 2 is 0.651 bits per heavy atom. The molecule has 0 aliphatic heterocycles. The van der Waals surface area contributed by atoms with Crippen molar-refractivity contribution >= 4 is 11.9 Å². The van der Waals surface area contributed by atoms with Gasteiger partial charge in [0.15, 0.2) is 0 Å². The Balaban J connectivity index is 3.44. The molecule has 0 aliphatic rings. The minimum absolute atomic E-state index is 0.00812. The highest BCUT2D eigenvalue weighted by Crippen LogP contribution is 2.18. The summed E-state index contributed by atoms with van der Waals surface area (Å²) in [4.78, 5) is 24.5. The minimum atomic E-state index is -0.674. The van der Waals surface area contributed by atoms with Crippen LogP contribution in [0.1, 0.15) is 328 Å². The smallest absolute Gasteiger partial charge is 0.305 e. The number of ether oxygens (including phenoxy) is 1. The van der Waals surface area contributed by atoms with Crippen molar-refractivity contribution in [3.8, 4) is 0 Å². The number of carbonyl (C=O) groups excluding carboxylic acids is 2. The lowest BCUT2D eigenvalue weighted by atomic mass is 10.0. The van der Waals surface area contributed by atoms with Crippen LogP contribution in [0.25, 0.3) is 0 Å². The lowest BCUT2D eigenvalue weighted by Gasteiger charge is -2.22. The number of esters is 1. The van der Waals surface area contributed by atoms with E-state index in [2.05, 4.69) is 19.2 Å². The molecule has 63 heavy (non-hydrogen) atoms. The standard InChI is InChI=1S/C57H113NO5/c1-3-5-7-9-11-13-15-16-17-18-19-20-21-22-23-24-25-26-30-33-37-41-45-49-55(60)54(53-59)58-56(61)50-46-42-38-34-31-27-28-32-36-40-44-48-52-63-57(62)51-47-43-39-35-29-14-12-10-8-6-4-2/h54-55,59-60H,3-53H2,1-2H3,(H,58,61). The van der Waals surface area contributed by atoms with Crippen molar-refractivity contribution in [3.63, 3.8) is 0 Å². The number of aliphatic hydroxyl groups excluding tert-OH is 2. The van der Waals surface area contributed by atoms with Crippen LogP contribution in [-0.4, -0.2) is 47.4 Å². The molecule has 0 aliphatic carbocycles. The van der Waals surface area contributed by atoms with Gasteiger partial charge in [0.2, 0.25) is 5.91 Å². The normalized spacial score (nSPS) is 12.5. The molecule has 0 radical (unpaired) electrons. The molecule has 0 saturated carbocycles. The second kappa shape index (κ2) is 53.5. The van der Waals surface area contributed by atoms with Crippen molar-refractivity contribution < 1.29 is 24.5 Å². The van der Waals surface area contributed by atoms with Crippen LogP contribution in [-0.2, 0) is 14.3 Å². The van der Waals surface area contributed by atoms with E-state index in [9.17, 15) is 19.8 Å². The number of amides is 1. The molecule has 0 aromatic heterocycles. The fraction of sp³-hybridized carbons (Fsp3) is 0.965. The average molecular weight is 893 g/mol. The van der Waals surface area contributed by atoms with Crippen molar-refractivity contribution in [2.75, 3.05) is 13.2 Å². The fourth-order valence-corrected chi connectivity index (χ4v) is 9.23. The van der Waals surface area contributed by atoms with Crippen molar-refractivity contribution in [1.82, 2.24) is 5.32 Å². The Kier molecular flexibility index (Phi) is 52.5. The number of hydrogen-bond donors (Lipinski definition) is 3. The van der Waals surface area contributed by atoms with Crippen LogP contribution in [0.2, 0.25) is 0 Å². The van der Waals surface area contributed by atoms with Gasteiger partial charge < -0.3 is 20.3 Å². The van der Waals surface area contributed by atoms with Crippen LogP contribution in [0.4, 0.5) is 0 Å². The van der Waals surface area contributed by atoms with Gasteiger partial charge >= 0.3 is 5.97 Å². The molecule has 0 rings (SSSR count). The molecular weight excluding hydrogens is 779 g/mol. The van der Waals surface area contributed by atoms with Gasteiger partial charge in [-0.15, -0.1) is 0 Å². The van der Waals surface area contributed by atoms with Crippen molar-refractivity contribution in [2.24, 2.45) is 0 Å². The van der Waals surface area contributed by atoms with Gasteiger partial charge in [0.1, 0.15) is 0 Å². The second-order valence-corrected chi connectivity index (χ2v) is 20.0. The molecular formula is C57H113NO5. The van der Waals surface area contributed by atoms with Gasteiger partial charge in [-0.05, 0) is 25.7 Å². The van der Waals surface area contributed by atoms with Gasteiger partial charge in [-0.1, -0.05) is 290 Å². The number of unbranched alkanes of at least 4 members (excludes halogenated alkanes) is 43. The van der Waals surface area contributed by atoms with Gasteiger partial charge in [-0.2, -0.15) is 0 Å². The number of aliphatic hydroxyl groups is 2. The van der Waals surface area contributed by atoms with Crippen LogP contribution >= 0.6 is 0 Å². The molecule has 2 atom stereocenters. The predicted molar refractivity (Wildman–Crippen MR) is 274 cm³/mol. The molecule has 0 saturated heterocycles. The van der Waals surface area contributed by atoms with Crippen LogP contribution in [0, 0.1) is 0 Å². The molecule has 1 amide bonds. The van der Waals surface area contributed by atoms with E-state index in [0.29, 0.717) is 25.9 Å². The van der Waals surface area contributed by atoms with Gasteiger partial charge in [0.05, 0.1) is 25.4 Å². The molecule has 2 unspecified atom stereocenters. The average Bonchev–Trinajstić information content (AvgIpc) is 3.28. The first kappa shape index (κ1) is 61.9. The summed E-state index contributed by atoms with van der Waals surface area (Å²) in [7, 11) is 0. The Hall–Kier alpha value is -1.14. The maximum atomic E-state index is 12.5. The number of rotatable bonds is 54. The van der Waals surface area contributed by atoms with E-state index in [-0.39, 0.29) is 18.5 Å². The first-order valence-corrected chi connectivity index (χ1v) is 28.8. The first-order valence-electron chi connectivity index (χ1n) is 28.8. The third-order valence-corrected chi connectivity index (χ3v) is 13.7. The van der Waals surface area contributed by atoms with E-state index >= 15 is 0 Å². The largest absolute Gasteiger partial charge is 0.466 e. The molecule has 0 aromatic carbocycles. The second-order valence-electron chi connectivity index (χ2n) is 20.0. The third kappa shape index (κ3) is 50.1. The third-order valence-electron chi connectivity index (χ3n) is 13.7. The molecule has 0 heterocycles. The minimum Gasteiger partial charge on any atom is -0.466 e. The quantitative estimate of drug-likeness (QED) is 0.0418. The summed E-state index contributed by atoms with van der Waals surface area (Å²) >= 11 is 0. The topological polar surface area (TPSA) is 95.9 Å². The van der Waals surface area contributed by atoms with Crippen molar-refractivity contribution in [2.45, 2.75) is 341 Å². The van der Waals surface area contributed by atoms with Crippen LogP contribution in [0.15, 0.2) is 0 Å². The summed E-state index contributed by atoms with van der Waals surface area (Å²) in [5, 5.41) is 23.3. The maximum Gasteiger partial charge on any atom is 0.305 e. The Labute approximate surface area is 394 Å². The highest BCUT2D eigenvalue weighted by molar-refractivity contribution is 5.76. The first-order chi connectivity index (χ1) is 31.0. The van der Waals surface area contributed by atoms with E-state index in [4.69, 9.17) is 4.74 Å². The van der Waals surface area contributed by atoms with E-state index in [1.165, 1.54) is 238 Å². The van der Waals surface area contributed by atoms with Crippen LogP contribution in [0.3, 0.4) is 0 Å².